The largest absolute Gasteiger partial charge is 0.508 e. The third-order valence-corrected chi connectivity index (χ3v) is 6.39. The Labute approximate surface area is 219 Å². The number of rotatable bonds is 13. The molecular formula is C24H34N6O6S. The fourth-order valence-corrected chi connectivity index (χ4v) is 3.98. The summed E-state index contributed by atoms with van der Waals surface area (Å²) in [6.07, 6.45) is 1.62. The van der Waals surface area contributed by atoms with Crippen LogP contribution in [-0.4, -0.2) is 63.0 Å². The number of nitrogens with two attached hydrogens (primary N) is 1. The van der Waals surface area contributed by atoms with Crippen molar-refractivity contribution >= 4 is 40.1 Å². The van der Waals surface area contributed by atoms with Gasteiger partial charge < -0.3 is 37.2 Å². The number of benzene rings is 1. The lowest BCUT2D eigenvalue weighted by Crippen LogP contribution is -2.56. The van der Waals surface area contributed by atoms with Gasteiger partial charge >= 0.3 is 0 Å². The van der Waals surface area contributed by atoms with Crippen LogP contribution in [0.15, 0.2) is 30.5 Å². The van der Waals surface area contributed by atoms with E-state index in [1.165, 1.54) is 43.5 Å². The number of hydrogen-bond acceptors (Lipinski definition) is 9. The fraction of sp³-hybridized carbons (Fsp3) is 0.458. The number of phenols is 1. The average molecular weight is 535 g/mol. The van der Waals surface area contributed by atoms with Crippen LogP contribution in [0.2, 0.25) is 0 Å². The number of hydrogen-bond donors (Lipinski definition) is 7. The Kier molecular flexibility index (Phi) is 10.8. The summed E-state index contributed by atoms with van der Waals surface area (Å²) in [6.45, 7) is 6.45. The normalized spacial score (nSPS) is 14.2. The molecule has 1 aromatic carbocycles. The molecule has 0 aliphatic carbocycles. The standard InChI is InChI=1S/C24H34N6O6S/c1-12(2)19(30-24-26-10-17(11-31)37-24)23(36)28-13(3)21(34)27-14(4)22(35)29-18(20(25)33)9-15-5-7-16(32)8-6-15/h5-8,10,12-14,18-19,31-32H,9,11H2,1-4H3,(H2,25,33)(H,26,30)(H,27,34)(H,28,36)(H,29,35). The van der Waals surface area contributed by atoms with Gasteiger partial charge in [0.05, 0.1) is 11.5 Å². The maximum absolute atomic E-state index is 12.8. The lowest BCUT2D eigenvalue weighted by molar-refractivity contribution is -0.133. The van der Waals surface area contributed by atoms with Gasteiger partial charge in [-0.3, -0.25) is 19.2 Å². The summed E-state index contributed by atoms with van der Waals surface area (Å²) in [5.74, 6) is -2.47. The molecule has 0 spiro atoms. The number of amides is 4. The predicted octanol–water partition coefficient (Wildman–Crippen LogP) is -0.000300. The molecule has 0 bridgehead atoms. The number of primary amides is 1. The van der Waals surface area contributed by atoms with E-state index >= 15 is 0 Å². The van der Waals surface area contributed by atoms with Crippen molar-refractivity contribution < 1.29 is 29.4 Å². The van der Waals surface area contributed by atoms with Crippen molar-refractivity contribution in [2.24, 2.45) is 11.7 Å². The Morgan fingerprint density at radius 2 is 1.51 bits per heavy atom. The van der Waals surface area contributed by atoms with Crippen molar-refractivity contribution in [2.75, 3.05) is 5.32 Å². The van der Waals surface area contributed by atoms with Crippen LogP contribution in [-0.2, 0) is 32.2 Å². The highest BCUT2D eigenvalue weighted by atomic mass is 32.1. The van der Waals surface area contributed by atoms with Gasteiger partial charge in [-0.1, -0.05) is 37.3 Å². The Morgan fingerprint density at radius 3 is 2.03 bits per heavy atom. The maximum Gasteiger partial charge on any atom is 0.243 e. The molecule has 37 heavy (non-hydrogen) atoms. The van der Waals surface area contributed by atoms with E-state index in [0.29, 0.717) is 15.6 Å². The van der Waals surface area contributed by atoms with Gasteiger partial charge in [0.15, 0.2) is 5.13 Å². The SMILES string of the molecule is CC(NC(=O)C(C)NC(=O)C(Nc1ncc(CO)s1)C(C)C)C(=O)NC(Cc1ccc(O)cc1)C(N)=O. The van der Waals surface area contributed by atoms with E-state index in [4.69, 9.17) is 5.73 Å². The first-order chi connectivity index (χ1) is 17.4. The van der Waals surface area contributed by atoms with Gasteiger partial charge in [0.25, 0.3) is 0 Å². The topological polar surface area (TPSA) is 196 Å². The third-order valence-electron chi connectivity index (χ3n) is 5.48. The van der Waals surface area contributed by atoms with Gasteiger partial charge in [-0.05, 0) is 37.5 Å². The number of carbonyl (C=O) groups excluding carboxylic acids is 4. The molecule has 2 aromatic rings. The Balaban J connectivity index is 1.92. The first-order valence-electron chi connectivity index (χ1n) is 11.7. The van der Waals surface area contributed by atoms with Gasteiger partial charge in [-0.2, -0.15) is 0 Å². The van der Waals surface area contributed by atoms with Crippen molar-refractivity contribution in [3.63, 3.8) is 0 Å². The van der Waals surface area contributed by atoms with Crippen LogP contribution in [0.3, 0.4) is 0 Å². The Hall–Kier alpha value is -3.71. The van der Waals surface area contributed by atoms with E-state index in [9.17, 15) is 29.4 Å². The number of aromatic hydroxyl groups is 1. The quantitative estimate of drug-likeness (QED) is 0.186. The van der Waals surface area contributed by atoms with Crippen LogP contribution < -0.4 is 27.0 Å². The average Bonchev–Trinajstić information content (AvgIpc) is 3.30. The van der Waals surface area contributed by atoms with E-state index in [-0.39, 0.29) is 24.7 Å². The minimum Gasteiger partial charge on any atom is -0.508 e. The molecule has 0 aliphatic rings. The highest BCUT2D eigenvalue weighted by Crippen LogP contribution is 2.20. The second kappa shape index (κ2) is 13.6. The minimum absolute atomic E-state index is 0.0653. The lowest BCUT2D eigenvalue weighted by atomic mass is 10.0. The zero-order valence-electron chi connectivity index (χ0n) is 21.1. The number of thiazole rings is 1. The van der Waals surface area contributed by atoms with Crippen molar-refractivity contribution in [3.05, 3.63) is 40.9 Å². The number of phenolic OH excluding ortho intramolecular Hbond substituents is 1. The number of anilines is 1. The zero-order valence-corrected chi connectivity index (χ0v) is 22.0. The Morgan fingerprint density at radius 1 is 0.946 bits per heavy atom. The predicted molar refractivity (Wildman–Crippen MR) is 138 cm³/mol. The van der Waals surface area contributed by atoms with Crippen LogP contribution in [0.25, 0.3) is 0 Å². The van der Waals surface area contributed by atoms with Gasteiger partial charge in [0, 0.05) is 12.6 Å². The Bertz CT molecular complexity index is 1090. The molecule has 0 aliphatic heterocycles. The molecule has 1 aromatic heterocycles. The zero-order chi connectivity index (χ0) is 27.7. The monoisotopic (exact) mass is 534 g/mol. The van der Waals surface area contributed by atoms with Crippen LogP contribution in [0.5, 0.6) is 5.75 Å². The molecule has 0 fully saturated rings. The number of aliphatic hydroxyl groups is 1. The summed E-state index contributed by atoms with van der Waals surface area (Å²) in [5.41, 5.74) is 6.10. The third kappa shape index (κ3) is 9.03. The number of nitrogens with zero attached hydrogens (tertiary/aromatic N) is 1. The van der Waals surface area contributed by atoms with E-state index in [2.05, 4.69) is 26.3 Å². The summed E-state index contributed by atoms with van der Waals surface area (Å²) >= 11 is 1.22. The number of aliphatic hydroxyl groups excluding tert-OH is 1. The fourth-order valence-electron chi connectivity index (χ4n) is 3.28. The molecule has 0 saturated heterocycles. The van der Waals surface area contributed by atoms with Gasteiger partial charge in [0.2, 0.25) is 23.6 Å². The van der Waals surface area contributed by atoms with Crippen molar-refractivity contribution in [3.8, 4) is 5.75 Å². The van der Waals surface area contributed by atoms with E-state index in [1.807, 2.05) is 13.8 Å². The highest BCUT2D eigenvalue weighted by molar-refractivity contribution is 7.15. The molecule has 4 atom stereocenters. The second-order valence-electron chi connectivity index (χ2n) is 8.95. The molecular weight excluding hydrogens is 500 g/mol. The minimum atomic E-state index is -1.02. The molecule has 8 N–H and O–H groups in total. The van der Waals surface area contributed by atoms with E-state index in [1.54, 1.807) is 12.1 Å². The number of aromatic nitrogens is 1. The second-order valence-corrected chi connectivity index (χ2v) is 10.1. The van der Waals surface area contributed by atoms with Crippen LogP contribution in [0.4, 0.5) is 5.13 Å². The lowest BCUT2D eigenvalue weighted by Gasteiger charge is -2.24. The highest BCUT2D eigenvalue weighted by Gasteiger charge is 2.28. The molecule has 202 valence electrons. The molecule has 0 radical (unpaired) electrons. The molecule has 12 nitrogen and oxygen atoms in total. The van der Waals surface area contributed by atoms with Gasteiger partial charge in [-0.25, -0.2) is 4.98 Å². The molecule has 0 saturated carbocycles. The van der Waals surface area contributed by atoms with Crippen molar-refractivity contribution in [1.29, 1.82) is 0 Å². The van der Waals surface area contributed by atoms with Gasteiger partial charge in [0.1, 0.15) is 29.9 Å². The molecule has 4 amide bonds. The van der Waals surface area contributed by atoms with Gasteiger partial charge in [-0.15, -0.1) is 0 Å². The van der Waals surface area contributed by atoms with Crippen LogP contribution in [0.1, 0.15) is 38.1 Å². The van der Waals surface area contributed by atoms with Crippen LogP contribution in [0, 0.1) is 5.92 Å². The van der Waals surface area contributed by atoms with Crippen molar-refractivity contribution in [1.82, 2.24) is 20.9 Å². The smallest absolute Gasteiger partial charge is 0.243 e. The summed E-state index contributed by atoms with van der Waals surface area (Å²) in [7, 11) is 0. The molecule has 2 rings (SSSR count). The summed E-state index contributed by atoms with van der Waals surface area (Å²) in [6, 6.07) is 2.43. The number of nitrogens with one attached hydrogen (secondary N) is 4. The molecule has 4 unspecified atom stereocenters. The summed E-state index contributed by atoms with van der Waals surface area (Å²) in [4.78, 5) is 54.7. The molecule has 13 heteroatoms. The number of carbonyl (C=O) groups is 4. The van der Waals surface area contributed by atoms with Crippen molar-refractivity contribution in [2.45, 2.75) is 64.9 Å². The summed E-state index contributed by atoms with van der Waals surface area (Å²) < 4.78 is 0. The van der Waals surface area contributed by atoms with E-state index < -0.39 is 47.8 Å². The maximum atomic E-state index is 12.8. The molecule has 1 heterocycles. The first kappa shape index (κ1) is 29.5. The van der Waals surface area contributed by atoms with Crippen LogP contribution >= 0.6 is 11.3 Å². The summed E-state index contributed by atoms with van der Waals surface area (Å²) in [5, 5.41) is 29.8. The van der Waals surface area contributed by atoms with E-state index in [0.717, 1.165) is 0 Å². The first-order valence-corrected chi connectivity index (χ1v) is 12.5.